The third-order valence-electron chi connectivity index (χ3n) is 4.40. The van der Waals surface area contributed by atoms with Gasteiger partial charge in [-0.1, -0.05) is 0 Å². The van der Waals surface area contributed by atoms with Crippen molar-refractivity contribution in [2.45, 2.75) is 33.2 Å². The zero-order chi connectivity index (χ0) is 15.0. The maximum Gasteiger partial charge on any atom is 0.153 e. The van der Waals surface area contributed by atoms with Crippen molar-refractivity contribution in [3.05, 3.63) is 17.7 Å². The molecule has 2 heterocycles. The van der Waals surface area contributed by atoms with Gasteiger partial charge in [0.1, 0.15) is 5.75 Å². The molecule has 1 saturated heterocycles. The Kier molecular flexibility index (Phi) is 3.76. The summed E-state index contributed by atoms with van der Waals surface area (Å²) in [5.74, 6) is 2.07. The lowest BCUT2D eigenvalue weighted by Crippen LogP contribution is -2.29. The van der Waals surface area contributed by atoms with E-state index in [1.165, 1.54) is 13.0 Å². The lowest BCUT2D eigenvalue weighted by Gasteiger charge is -2.20. The first kappa shape index (κ1) is 14.2. The Balaban J connectivity index is 1.66. The van der Waals surface area contributed by atoms with Gasteiger partial charge in [0.2, 0.25) is 0 Å². The molecule has 0 aliphatic carbocycles. The Hall–Kier alpha value is -1.75. The number of aromatic nitrogens is 2. The van der Waals surface area contributed by atoms with Gasteiger partial charge in [0.05, 0.1) is 12.1 Å². The summed E-state index contributed by atoms with van der Waals surface area (Å²) in [7, 11) is 0. The van der Waals surface area contributed by atoms with E-state index in [9.17, 15) is 0 Å². The molecule has 1 aromatic heterocycles. The van der Waals surface area contributed by atoms with Crippen LogP contribution in [0.1, 0.15) is 25.8 Å². The number of rotatable bonds is 4. The third kappa shape index (κ3) is 2.83. The Morgan fingerprint density at radius 2 is 2.29 bits per heavy atom. The van der Waals surface area contributed by atoms with Gasteiger partial charge in [-0.15, -0.1) is 0 Å². The monoisotopic (exact) mass is 288 g/mol. The summed E-state index contributed by atoms with van der Waals surface area (Å²) in [6.07, 6.45) is 1.22. The Morgan fingerprint density at radius 3 is 3.00 bits per heavy atom. The van der Waals surface area contributed by atoms with Gasteiger partial charge in [-0.05, 0) is 45.4 Å². The molecule has 1 aromatic carbocycles. The van der Waals surface area contributed by atoms with E-state index in [1.54, 1.807) is 0 Å². The molecule has 0 amide bonds. The predicted octanol–water partition coefficient (Wildman–Crippen LogP) is 2.56. The highest BCUT2D eigenvalue weighted by Crippen LogP contribution is 2.28. The molecule has 3 rings (SSSR count). The first-order valence-corrected chi connectivity index (χ1v) is 7.65. The number of H-pyrrole nitrogens is 1. The number of nitrogens with one attached hydrogen (secondary N) is 1. The third-order valence-corrected chi connectivity index (χ3v) is 4.40. The van der Waals surface area contributed by atoms with Gasteiger partial charge < -0.3 is 15.4 Å². The molecule has 21 heavy (non-hydrogen) atoms. The van der Waals surface area contributed by atoms with Gasteiger partial charge in [0.25, 0.3) is 0 Å². The molecule has 1 unspecified atom stereocenters. The Labute approximate surface area is 125 Å². The fourth-order valence-corrected chi connectivity index (χ4v) is 3.12. The molecule has 3 N–H and O–H groups in total. The minimum atomic E-state index is 0.553. The lowest BCUT2D eigenvalue weighted by molar-refractivity contribution is 0.223. The van der Waals surface area contributed by atoms with Gasteiger partial charge in [0.15, 0.2) is 5.82 Å². The molecular weight excluding hydrogens is 264 g/mol. The zero-order valence-electron chi connectivity index (χ0n) is 13.0. The molecule has 0 spiro atoms. The minimum absolute atomic E-state index is 0.553. The average Bonchev–Trinajstić information content (AvgIpc) is 3.04. The molecule has 1 fully saturated rings. The van der Waals surface area contributed by atoms with Crippen LogP contribution in [0.2, 0.25) is 0 Å². The highest BCUT2D eigenvalue weighted by molar-refractivity contribution is 5.92. The van der Waals surface area contributed by atoms with Crippen LogP contribution in [-0.2, 0) is 0 Å². The number of anilines is 1. The van der Waals surface area contributed by atoms with Gasteiger partial charge in [-0.25, -0.2) is 0 Å². The standard InChI is InChI=1S/C16H24N4O/c1-10(2)20-5-4-12(8-20)9-21-13-6-11(3)15-14(7-13)18-19-16(15)17/h6-7,10,12H,4-5,8-9H2,1-3H3,(H3,17,18,19). The first-order valence-electron chi connectivity index (χ1n) is 7.65. The van der Waals surface area contributed by atoms with E-state index < -0.39 is 0 Å². The number of hydrogen-bond acceptors (Lipinski definition) is 4. The normalized spacial score (nSPS) is 19.7. The molecule has 1 atom stereocenters. The van der Waals surface area contributed by atoms with Crippen molar-refractivity contribution in [3.63, 3.8) is 0 Å². The molecule has 0 bridgehead atoms. The number of aromatic amines is 1. The van der Waals surface area contributed by atoms with E-state index in [2.05, 4.69) is 28.9 Å². The van der Waals surface area contributed by atoms with E-state index in [0.29, 0.717) is 17.8 Å². The average molecular weight is 288 g/mol. The van der Waals surface area contributed by atoms with Crippen LogP contribution < -0.4 is 10.5 Å². The Bertz CT molecular complexity index is 634. The number of likely N-dealkylation sites (tertiary alicyclic amines) is 1. The molecular formula is C16H24N4O. The van der Waals surface area contributed by atoms with Crippen LogP contribution in [0.25, 0.3) is 10.9 Å². The number of nitrogens with two attached hydrogens (primary N) is 1. The van der Waals surface area contributed by atoms with Crippen molar-refractivity contribution in [2.75, 3.05) is 25.4 Å². The van der Waals surface area contributed by atoms with Crippen molar-refractivity contribution < 1.29 is 4.74 Å². The summed E-state index contributed by atoms with van der Waals surface area (Å²) >= 11 is 0. The summed E-state index contributed by atoms with van der Waals surface area (Å²) in [5, 5.41) is 8.01. The SMILES string of the molecule is Cc1cc(OCC2CCN(C(C)C)C2)cc2[nH]nc(N)c12. The number of nitrogens with zero attached hydrogens (tertiary/aromatic N) is 2. The highest BCUT2D eigenvalue weighted by Gasteiger charge is 2.24. The maximum atomic E-state index is 6.00. The summed E-state index contributed by atoms with van der Waals surface area (Å²) in [6, 6.07) is 4.66. The predicted molar refractivity (Wildman–Crippen MR) is 85.6 cm³/mol. The first-order chi connectivity index (χ1) is 10.0. The molecule has 5 nitrogen and oxygen atoms in total. The van der Waals surface area contributed by atoms with Crippen molar-refractivity contribution >= 4 is 16.7 Å². The number of aryl methyl sites for hydroxylation is 1. The number of benzene rings is 1. The molecule has 0 saturated carbocycles. The van der Waals surface area contributed by atoms with Gasteiger partial charge in [-0.3, -0.25) is 5.10 Å². The molecule has 114 valence electrons. The van der Waals surface area contributed by atoms with Crippen molar-refractivity contribution in [1.82, 2.24) is 15.1 Å². The lowest BCUT2D eigenvalue weighted by atomic mass is 10.1. The summed E-state index contributed by atoms with van der Waals surface area (Å²) in [4.78, 5) is 2.51. The second kappa shape index (κ2) is 5.56. The number of fused-ring (bicyclic) bond motifs is 1. The van der Waals surface area contributed by atoms with E-state index >= 15 is 0 Å². The van der Waals surface area contributed by atoms with Crippen molar-refractivity contribution in [3.8, 4) is 5.75 Å². The maximum absolute atomic E-state index is 6.00. The number of ether oxygens (including phenoxy) is 1. The number of hydrogen-bond donors (Lipinski definition) is 2. The van der Waals surface area contributed by atoms with Crippen LogP contribution in [-0.4, -0.2) is 40.8 Å². The molecule has 1 aliphatic heterocycles. The van der Waals surface area contributed by atoms with E-state index in [-0.39, 0.29) is 0 Å². The van der Waals surface area contributed by atoms with Gasteiger partial charge in [0, 0.05) is 30.0 Å². The van der Waals surface area contributed by atoms with E-state index in [0.717, 1.165) is 35.4 Å². The van der Waals surface area contributed by atoms with E-state index in [4.69, 9.17) is 10.5 Å². The Morgan fingerprint density at radius 1 is 1.48 bits per heavy atom. The molecule has 0 radical (unpaired) electrons. The summed E-state index contributed by atoms with van der Waals surface area (Å²) in [5.41, 5.74) is 7.90. The number of nitrogen functional groups attached to an aromatic ring is 1. The van der Waals surface area contributed by atoms with Crippen LogP contribution in [0.4, 0.5) is 5.82 Å². The van der Waals surface area contributed by atoms with Gasteiger partial charge >= 0.3 is 0 Å². The van der Waals surface area contributed by atoms with Crippen LogP contribution in [0.5, 0.6) is 5.75 Å². The molecule has 1 aliphatic rings. The van der Waals surface area contributed by atoms with E-state index in [1.807, 2.05) is 19.1 Å². The van der Waals surface area contributed by atoms with Crippen LogP contribution in [0.3, 0.4) is 0 Å². The van der Waals surface area contributed by atoms with Crippen LogP contribution >= 0.6 is 0 Å². The highest BCUT2D eigenvalue weighted by atomic mass is 16.5. The minimum Gasteiger partial charge on any atom is -0.493 e. The van der Waals surface area contributed by atoms with Crippen LogP contribution in [0.15, 0.2) is 12.1 Å². The quantitative estimate of drug-likeness (QED) is 0.907. The smallest absolute Gasteiger partial charge is 0.153 e. The fourth-order valence-electron chi connectivity index (χ4n) is 3.12. The van der Waals surface area contributed by atoms with Crippen molar-refractivity contribution in [1.29, 1.82) is 0 Å². The largest absolute Gasteiger partial charge is 0.493 e. The summed E-state index contributed by atoms with van der Waals surface area (Å²) < 4.78 is 6.00. The second-order valence-electron chi connectivity index (χ2n) is 6.33. The fraction of sp³-hybridized carbons (Fsp3) is 0.562. The van der Waals surface area contributed by atoms with Crippen molar-refractivity contribution in [2.24, 2.45) is 5.92 Å². The zero-order valence-corrected chi connectivity index (χ0v) is 13.0. The summed E-state index contributed by atoms with van der Waals surface area (Å²) in [6.45, 7) is 9.64. The molecule has 5 heteroatoms. The van der Waals surface area contributed by atoms with Crippen LogP contribution in [0, 0.1) is 12.8 Å². The topological polar surface area (TPSA) is 67.2 Å². The molecule has 2 aromatic rings. The van der Waals surface area contributed by atoms with Gasteiger partial charge in [-0.2, -0.15) is 5.10 Å². The second-order valence-corrected chi connectivity index (χ2v) is 6.33.